The van der Waals surface area contributed by atoms with Crippen LogP contribution in [0.3, 0.4) is 0 Å². The molecule has 0 fully saturated rings. The Bertz CT molecular complexity index is 676. The number of rotatable bonds is 3. The van der Waals surface area contributed by atoms with Crippen LogP contribution in [0.1, 0.15) is 0 Å². The fourth-order valence-electron chi connectivity index (χ4n) is 2.03. The summed E-state index contributed by atoms with van der Waals surface area (Å²) < 4.78 is 5.16. The van der Waals surface area contributed by atoms with Crippen molar-refractivity contribution in [2.45, 2.75) is 0 Å². The lowest BCUT2D eigenvalue weighted by Gasteiger charge is -2.05. The quantitative estimate of drug-likeness (QED) is 0.719. The van der Waals surface area contributed by atoms with Gasteiger partial charge in [0.1, 0.15) is 5.75 Å². The second kappa shape index (κ2) is 5.53. The van der Waals surface area contributed by atoms with Crippen molar-refractivity contribution in [3.63, 3.8) is 0 Å². The summed E-state index contributed by atoms with van der Waals surface area (Å²) in [6.07, 6.45) is 5.45. The summed E-state index contributed by atoms with van der Waals surface area (Å²) >= 11 is 0. The predicted molar refractivity (Wildman–Crippen MR) is 79.5 cm³/mol. The van der Waals surface area contributed by atoms with Crippen LogP contribution < -0.4 is 4.74 Å². The van der Waals surface area contributed by atoms with E-state index in [1.54, 1.807) is 13.3 Å². The summed E-state index contributed by atoms with van der Waals surface area (Å²) in [5, 5.41) is 0. The van der Waals surface area contributed by atoms with Crippen molar-refractivity contribution in [3.05, 3.63) is 67.1 Å². The van der Waals surface area contributed by atoms with Crippen molar-refractivity contribution in [3.8, 4) is 28.1 Å². The van der Waals surface area contributed by atoms with Crippen LogP contribution >= 0.6 is 0 Å². The minimum atomic E-state index is 0.855. The molecular weight excluding hydrogens is 248 g/mol. The van der Waals surface area contributed by atoms with Gasteiger partial charge in [-0.15, -0.1) is 0 Å². The van der Waals surface area contributed by atoms with Crippen molar-refractivity contribution < 1.29 is 4.74 Å². The lowest BCUT2D eigenvalue weighted by atomic mass is 10.1. The molecule has 0 aliphatic heterocycles. The van der Waals surface area contributed by atoms with Gasteiger partial charge < -0.3 is 4.74 Å². The first-order chi connectivity index (χ1) is 9.86. The Kier molecular flexibility index (Phi) is 3.42. The molecular formula is C17H14N2O. The first-order valence-electron chi connectivity index (χ1n) is 6.38. The molecule has 2 aromatic heterocycles. The van der Waals surface area contributed by atoms with E-state index in [0.717, 1.165) is 28.1 Å². The van der Waals surface area contributed by atoms with Crippen molar-refractivity contribution in [2.75, 3.05) is 7.11 Å². The Morgan fingerprint density at radius 3 is 2.20 bits per heavy atom. The lowest BCUT2D eigenvalue weighted by molar-refractivity contribution is 0.415. The number of hydrogen-bond acceptors (Lipinski definition) is 3. The average Bonchev–Trinajstić information content (AvgIpc) is 2.56. The lowest BCUT2D eigenvalue weighted by Crippen LogP contribution is -1.86. The van der Waals surface area contributed by atoms with Crippen LogP contribution in [0.4, 0.5) is 0 Å². The summed E-state index contributed by atoms with van der Waals surface area (Å²) in [5.41, 5.74) is 4.15. The Morgan fingerprint density at radius 2 is 1.60 bits per heavy atom. The molecule has 0 bridgehead atoms. The van der Waals surface area contributed by atoms with Crippen LogP contribution in [-0.2, 0) is 0 Å². The SMILES string of the molecule is COc1ccc(-c2ccc(-c3cccnc3)nc2)cc1. The Morgan fingerprint density at radius 1 is 0.800 bits per heavy atom. The zero-order valence-electron chi connectivity index (χ0n) is 11.2. The molecule has 0 aliphatic carbocycles. The average molecular weight is 262 g/mol. The van der Waals surface area contributed by atoms with Crippen LogP contribution in [0.25, 0.3) is 22.4 Å². The fraction of sp³-hybridized carbons (Fsp3) is 0.0588. The molecule has 0 atom stereocenters. The van der Waals surface area contributed by atoms with Crippen LogP contribution in [0.5, 0.6) is 5.75 Å². The van der Waals surface area contributed by atoms with Crippen LogP contribution in [-0.4, -0.2) is 17.1 Å². The highest BCUT2D eigenvalue weighted by molar-refractivity contribution is 5.66. The van der Waals surface area contributed by atoms with Gasteiger partial charge in [-0.2, -0.15) is 0 Å². The van der Waals surface area contributed by atoms with Gasteiger partial charge in [0, 0.05) is 29.7 Å². The molecule has 0 aliphatic rings. The Hall–Kier alpha value is -2.68. The van der Waals surface area contributed by atoms with E-state index >= 15 is 0 Å². The first-order valence-corrected chi connectivity index (χ1v) is 6.38. The Labute approximate surface area is 117 Å². The summed E-state index contributed by atoms with van der Waals surface area (Å²) in [6.45, 7) is 0. The highest BCUT2D eigenvalue weighted by atomic mass is 16.5. The maximum absolute atomic E-state index is 5.16. The van der Waals surface area contributed by atoms with E-state index in [2.05, 4.69) is 16.0 Å². The van der Waals surface area contributed by atoms with Crippen LogP contribution in [0, 0.1) is 0 Å². The van der Waals surface area contributed by atoms with Crippen molar-refractivity contribution >= 4 is 0 Å². The summed E-state index contributed by atoms with van der Waals surface area (Å²) in [4.78, 5) is 8.60. The molecule has 3 heteroatoms. The molecule has 0 saturated carbocycles. The van der Waals surface area contributed by atoms with Gasteiger partial charge in [0.2, 0.25) is 0 Å². The van der Waals surface area contributed by atoms with E-state index in [-0.39, 0.29) is 0 Å². The third-order valence-corrected chi connectivity index (χ3v) is 3.14. The molecule has 0 amide bonds. The number of nitrogens with zero attached hydrogens (tertiary/aromatic N) is 2. The molecule has 2 heterocycles. The second-order valence-corrected chi connectivity index (χ2v) is 4.40. The predicted octanol–water partition coefficient (Wildman–Crippen LogP) is 3.82. The molecule has 20 heavy (non-hydrogen) atoms. The molecule has 0 spiro atoms. The number of benzene rings is 1. The third-order valence-electron chi connectivity index (χ3n) is 3.14. The largest absolute Gasteiger partial charge is 0.497 e. The zero-order chi connectivity index (χ0) is 13.8. The van der Waals surface area contributed by atoms with Gasteiger partial charge >= 0.3 is 0 Å². The van der Waals surface area contributed by atoms with Crippen molar-refractivity contribution in [1.82, 2.24) is 9.97 Å². The summed E-state index contributed by atoms with van der Waals surface area (Å²) in [7, 11) is 1.67. The normalized spacial score (nSPS) is 10.2. The number of pyridine rings is 2. The highest BCUT2D eigenvalue weighted by Gasteiger charge is 2.02. The van der Waals surface area contributed by atoms with E-state index in [9.17, 15) is 0 Å². The van der Waals surface area contributed by atoms with Gasteiger partial charge in [-0.3, -0.25) is 9.97 Å². The number of methoxy groups -OCH3 is 1. The highest BCUT2D eigenvalue weighted by Crippen LogP contribution is 2.23. The van der Waals surface area contributed by atoms with Gasteiger partial charge in [0.25, 0.3) is 0 Å². The zero-order valence-corrected chi connectivity index (χ0v) is 11.2. The fourth-order valence-corrected chi connectivity index (χ4v) is 2.03. The molecule has 0 unspecified atom stereocenters. The molecule has 3 aromatic rings. The molecule has 3 nitrogen and oxygen atoms in total. The molecule has 3 rings (SSSR count). The molecule has 0 N–H and O–H groups in total. The van der Waals surface area contributed by atoms with Crippen molar-refractivity contribution in [1.29, 1.82) is 0 Å². The van der Waals surface area contributed by atoms with Gasteiger partial charge in [-0.05, 0) is 35.9 Å². The minimum absolute atomic E-state index is 0.855. The summed E-state index contributed by atoms with van der Waals surface area (Å²) in [6, 6.07) is 15.9. The maximum Gasteiger partial charge on any atom is 0.118 e. The van der Waals surface area contributed by atoms with E-state index in [1.165, 1.54) is 0 Å². The Balaban J connectivity index is 1.89. The topological polar surface area (TPSA) is 35.0 Å². The van der Waals surface area contributed by atoms with Crippen molar-refractivity contribution in [2.24, 2.45) is 0 Å². The monoisotopic (exact) mass is 262 g/mol. The first kappa shape index (κ1) is 12.4. The van der Waals surface area contributed by atoms with E-state index in [0.29, 0.717) is 0 Å². The van der Waals surface area contributed by atoms with Gasteiger partial charge in [-0.1, -0.05) is 18.2 Å². The van der Waals surface area contributed by atoms with Gasteiger partial charge in [-0.25, -0.2) is 0 Å². The molecule has 98 valence electrons. The standard InChI is InChI=1S/C17H14N2O/c1-20-16-7-4-13(5-8-16)14-6-9-17(19-12-14)15-3-2-10-18-11-15/h2-12H,1H3. The van der Waals surface area contributed by atoms with E-state index < -0.39 is 0 Å². The summed E-state index contributed by atoms with van der Waals surface area (Å²) in [5.74, 6) is 0.855. The molecule has 1 aromatic carbocycles. The van der Waals surface area contributed by atoms with Gasteiger partial charge in [0.15, 0.2) is 0 Å². The number of hydrogen-bond donors (Lipinski definition) is 0. The molecule has 0 saturated heterocycles. The smallest absolute Gasteiger partial charge is 0.118 e. The molecule has 0 radical (unpaired) electrons. The number of aromatic nitrogens is 2. The van der Waals surface area contributed by atoms with Gasteiger partial charge in [0.05, 0.1) is 12.8 Å². The third kappa shape index (κ3) is 2.52. The maximum atomic E-state index is 5.16. The van der Waals surface area contributed by atoms with Crippen LogP contribution in [0.15, 0.2) is 67.1 Å². The second-order valence-electron chi connectivity index (χ2n) is 4.40. The van der Waals surface area contributed by atoms with Crippen LogP contribution in [0.2, 0.25) is 0 Å². The van der Waals surface area contributed by atoms with E-state index in [1.807, 2.05) is 54.9 Å². The van der Waals surface area contributed by atoms with E-state index in [4.69, 9.17) is 4.74 Å². The minimum Gasteiger partial charge on any atom is -0.497 e. The number of ether oxygens (including phenoxy) is 1.